The predicted octanol–water partition coefficient (Wildman–Crippen LogP) is 2.68. The standard InChI is InChI=1S/C26H31N3O5/c1-18-8-5-6-11-20(18)14-21-16-33-23(28-21)15-27-25(31)24(30)26(32)34-17-29-13-7-12-22(29)19-9-3-2-4-10-19/h2-6,8-11,16,22,24,26,30,32H,7,12-15,17H2,1H3,(H,27,31)/t22?,24-,26-/m0/s1. The van der Waals surface area contributed by atoms with Crippen molar-refractivity contribution in [2.75, 3.05) is 13.3 Å². The summed E-state index contributed by atoms with van der Waals surface area (Å²) in [7, 11) is 0. The molecule has 3 atom stereocenters. The molecule has 1 unspecified atom stereocenters. The number of aryl methyl sites for hydroxylation is 1. The largest absolute Gasteiger partial charge is 0.447 e. The molecule has 1 aromatic heterocycles. The van der Waals surface area contributed by atoms with Crippen LogP contribution in [0.5, 0.6) is 0 Å². The number of benzene rings is 2. The smallest absolute Gasteiger partial charge is 0.254 e. The Bertz CT molecular complexity index is 1070. The second-order valence-electron chi connectivity index (χ2n) is 8.57. The fraction of sp³-hybridized carbons (Fsp3) is 0.385. The molecule has 34 heavy (non-hydrogen) atoms. The van der Waals surface area contributed by atoms with Crippen molar-refractivity contribution in [1.82, 2.24) is 15.2 Å². The summed E-state index contributed by atoms with van der Waals surface area (Å²) in [6, 6.07) is 18.3. The predicted molar refractivity (Wildman–Crippen MR) is 125 cm³/mol. The quantitative estimate of drug-likeness (QED) is 0.395. The van der Waals surface area contributed by atoms with Crippen LogP contribution in [0.15, 0.2) is 65.3 Å². The molecule has 0 radical (unpaired) electrons. The number of aliphatic hydroxyl groups excluding tert-OH is 2. The molecule has 2 aromatic carbocycles. The van der Waals surface area contributed by atoms with Crippen LogP contribution in [-0.4, -0.2) is 51.7 Å². The van der Waals surface area contributed by atoms with Crippen LogP contribution < -0.4 is 5.32 Å². The minimum atomic E-state index is -1.72. The lowest BCUT2D eigenvalue weighted by molar-refractivity contribution is -0.190. The maximum atomic E-state index is 12.3. The van der Waals surface area contributed by atoms with E-state index in [0.29, 0.717) is 12.3 Å². The zero-order valence-corrected chi connectivity index (χ0v) is 19.3. The van der Waals surface area contributed by atoms with Crippen molar-refractivity contribution in [2.45, 2.75) is 51.2 Å². The maximum Gasteiger partial charge on any atom is 0.254 e. The molecule has 1 saturated heterocycles. The van der Waals surface area contributed by atoms with E-state index >= 15 is 0 Å². The molecule has 0 saturated carbocycles. The number of ether oxygens (including phenoxy) is 1. The summed E-state index contributed by atoms with van der Waals surface area (Å²) in [5, 5.41) is 22.9. The number of amides is 1. The summed E-state index contributed by atoms with van der Waals surface area (Å²) in [4.78, 5) is 18.8. The van der Waals surface area contributed by atoms with Gasteiger partial charge in [0.1, 0.15) is 13.0 Å². The Kier molecular flexibility index (Phi) is 8.08. The average Bonchev–Trinajstić information content (AvgIpc) is 3.52. The number of nitrogens with zero attached hydrogens (tertiary/aromatic N) is 2. The number of carbonyl (C=O) groups excluding carboxylic acids is 1. The molecule has 1 amide bonds. The molecule has 0 spiro atoms. The van der Waals surface area contributed by atoms with Gasteiger partial charge in [0.2, 0.25) is 5.89 Å². The van der Waals surface area contributed by atoms with E-state index < -0.39 is 18.3 Å². The summed E-state index contributed by atoms with van der Waals surface area (Å²) in [6.45, 7) is 2.98. The highest BCUT2D eigenvalue weighted by atomic mass is 16.6. The summed E-state index contributed by atoms with van der Waals surface area (Å²) in [5.41, 5.74) is 4.25. The Balaban J connectivity index is 1.23. The number of nitrogens with one attached hydrogen (secondary N) is 1. The van der Waals surface area contributed by atoms with Gasteiger partial charge < -0.3 is 24.7 Å². The zero-order chi connectivity index (χ0) is 23.9. The summed E-state index contributed by atoms with van der Waals surface area (Å²) in [6.07, 6.45) is 0.831. The van der Waals surface area contributed by atoms with Crippen LogP contribution in [0.25, 0.3) is 0 Å². The highest BCUT2D eigenvalue weighted by Gasteiger charge is 2.29. The van der Waals surface area contributed by atoms with Gasteiger partial charge in [0.15, 0.2) is 12.4 Å². The van der Waals surface area contributed by atoms with E-state index in [0.717, 1.165) is 30.6 Å². The SMILES string of the molecule is Cc1ccccc1Cc1coc(CNC(=O)[C@H](O)[C@@H](O)OCN2CCCC2c2ccccc2)n1. The molecule has 180 valence electrons. The van der Waals surface area contributed by atoms with Gasteiger partial charge >= 0.3 is 0 Å². The van der Waals surface area contributed by atoms with Crippen molar-refractivity contribution >= 4 is 5.91 Å². The zero-order valence-electron chi connectivity index (χ0n) is 19.3. The van der Waals surface area contributed by atoms with Gasteiger partial charge in [-0.2, -0.15) is 0 Å². The molecule has 4 rings (SSSR count). The Morgan fingerprint density at radius 1 is 1.21 bits per heavy atom. The third-order valence-corrected chi connectivity index (χ3v) is 6.14. The van der Waals surface area contributed by atoms with Crippen LogP contribution in [-0.2, 0) is 22.5 Å². The summed E-state index contributed by atoms with van der Waals surface area (Å²) in [5.74, 6) is -0.436. The second-order valence-corrected chi connectivity index (χ2v) is 8.57. The van der Waals surface area contributed by atoms with Gasteiger partial charge in [-0.15, -0.1) is 0 Å². The van der Waals surface area contributed by atoms with Crippen LogP contribution in [0, 0.1) is 6.92 Å². The number of aliphatic hydroxyl groups is 2. The van der Waals surface area contributed by atoms with E-state index in [9.17, 15) is 15.0 Å². The van der Waals surface area contributed by atoms with E-state index in [1.807, 2.05) is 49.4 Å². The van der Waals surface area contributed by atoms with Gasteiger partial charge in [-0.3, -0.25) is 9.69 Å². The van der Waals surface area contributed by atoms with Crippen molar-refractivity contribution in [1.29, 1.82) is 0 Å². The minimum absolute atomic E-state index is 0.00140. The fourth-order valence-corrected chi connectivity index (χ4v) is 4.21. The van der Waals surface area contributed by atoms with Gasteiger partial charge in [0.05, 0.1) is 12.2 Å². The molecule has 0 bridgehead atoms. The topological polar surface area (TPSA) is 108 Å². The number of oxazole rings is 1. The van der Waals surface area contributed by atoms with E-state index in [1.54, 1.807) is 6.26 Å². The Morgan fingerprint density at radius 3 is 2.76 bits per heavy atom. The molecule has 8 heteroatoms. The van der Waals surface area contributed by atoms with Crippen molar-refractivity contribution in [2.24, 2.45) is 0 Å². The van der Waals surface area contributed by atoms with Crippen LogP contribution in [0.1, 0.15) is 47.2 Å². The fourth-order valence-electron chi connectivity index (χ4n) is 4.21. The lowest BCUT2D eigenvalue weighted by Gasteiger charge is -2.26. The normalized spacial score (nSPS) is 18.0. The Labute approximate surface area is 199 Å². The minimum Gasteiger partial charge on any atom is -0.447 e. The highest BCUT2D eigenvalue weighted by molar-refractivity contribution is 5.80. The van der Waals surface area contributed by atoms with Gasteiger partial charge in [0, 0.05) is 19.0 Å². The number of likely N-dealkylation sites (tertiary alicyclic amines) is 1. The van der Waals surface area contributed by atoms with Crippen molar-refractivity contribution in [3.8, 4) is 0 Å². The Hall–Kier alpha value is -3.04. The van der Waals surface area contributed by atoms with Gasteiger partial charge in [-0.25, -0.2) is 4.98 Å². The van der Waals surface area contributed by atoms with E-state index in [-0.39, 0.29) is 19.3 Å². The van der Waals surface area contributed by atoms with Gasteiger partial charge in [-0.1, -0.05) is 54.6 Å². The molecule has 8 nitrogen and oxygen atoms in total. The lowest BCUT2D eigenvalue weighted by Crippen LogP contribution is -2.44. The third-order valence-electron chi connectivity index (χ3n) is 6.14. The lowest BCUT2D eigenvalue weighted by atomic mass is 10.0. The van der Waals surface area contributed by atoms with Crippen LogP contribution in [0.3, 0.4) is 0 Å². The molecule has 0 aliphatic carbocycles. The molecule has 1 aliphatic rings. The molecule has 2 heterocycles. The first kappa shape index (κ1) is 24.1. The maximum absolute atomic E-state index is 12.3. The molecule has 3 aromatic rings. The van der Waals surface area contributed by atoms with Crippen molar-refractivity contribution < 1.29 is 24.2 Å². The summed E-state index contributed by atoms with van der Waals surface area (Å²) < 4.78 is 10.9. The van der Waals surface area contributed by atoms with Gasteiger partial charge in [-0.05, 0) is 36.5 Å². The van der Waals surface area contributed by atoms with Gasteiger partial charge in [0.25, 0.3) is 5.91 Å². The highest BCUT2D eigenvalue weighted by Crippen LogP contribution is 2.31. The molecular weight excluding hydrogens is 434 g/mol. The van der Waals surface area contributed by atoms with Crippen molar-refractivity contribution in [3.63, 3.8) is 0 Å². The molecular formula is C26H31N3O5. The number of aromatic nitrogens is 1. The number of carbonyl (C=O) groups is 1. The summed E-state index contributed by atoms with van der Waals surface area (Å²) >= 11 is 0. The first-order chi connectivity index (χ1) is 16.5. The van der Waals surface area contributed by atoms with Crippen molar-refractivity contribution in [3.05, 3.63) is 89.1 Å². The number of hydrogen-bond acceptors (Lipinski definition) is 7. The van der Waals surface area contributed by atoms with Crippen LogP contribution in [0.2, 0.25) is 0 Å². The van der Waals surface area contributed by atoms with Crippen LogP contribution >= 0.6 is 0 Å². The first-order valence-electron chi connectivity index (χ1n) is 11.5. The number of rotatable bonds is 10. The third kappa shape index (κ3) is 6.09. The van der Waals surface area contributed by atoms with E-state index in [4.69, 9.17) is 9.15 Å². The molecule has 1 fully saturated rings. The average molecular weight is 466 g/mol. The number of hydrogen-bond donors (Lipinski definition) is 3. The van der Waals surface area contributed by atoms with E-state index in [1.165, 1.54) is 11.1 Å². The first-order valence-corrected chi connectivity index (χ1v) is 11.5. The van der Waals surface area contributed by atoms with Crippen LogP contribution in [0.4, 0.5) is 0 Å². The Morgan fingerprint density at radius 2 is 1.97 bits per heavy atom. The monoisotopic (exact) mass is 465 g/mol. The second kappa shape index (κ2) is 11.4. The van der Waals surface area contributed by atoms with E-state index in [2.05, 4.69) is 27.3 Å². The molecule has 1 aliphatic heterocycles. The molecule has 3 N–H and O–H groups in total.